The Morgan fingerprint density at radius 2 is 2.11 bits per heavy atom. The van der Waals surface area contributed by atoms with Crippen LogP contribution in [0.3, 0.4) is 0 Å². The summed E-state index contributed by atoms with van der Waals surface area (Å²) >= 11 is 4.73. The number of rotatable bonds is 7. The first-order chi connectivity index (χ1) is 8.72. The number of ether oxygens (including phenoxy) is 1. The summed E-state index contributed by atoms with van der Waals surface area (Å²) in [5.41, 5.74) is 5.37. The van der Waals surface area contributed by atoms with Crippen LogP contribution in [0.25, 0.3) is 0 Å². The van der Waals surface area contributed by atoms with E-state index in [1.165, 1.54) is 4.31 Å². The molecule has 0 aliphatic heterocycles. The first-order valence-electron chi connectivity index (χ1n) is 6.01. The molecule has 1 rings (SSSR count). The van der Waals surface area contributed by atoms with Crippen LogP contribution >= 0.6 is 12.2 Å². The molecular weight excluding hydrogens is 290 g/mol. The number of carbonyl (C=O) groups excluding carboxylic acids is 1. The lowest BCUT2D eigenvalue weighted by molar-refractivity contribution is 0.121. The largest absolute Gasteiger partial charge is 0.446 e. The number of nitrogens with zero attached hydrogens (tertiary/aromatic N) is 1. The van der Waals surface area contributed by atoms with Crippen molar-refractivity contribution in [1.29, 1.82) is 0 Å². The molecule has 1 fully saturated rings. The molecule has 0 radical (unpaired) electrons. The van der Waals surface area contributed by atoms with Crippen LogP contribution in [0.15, 0.2) is 0 Å². The van der Waals surface area contributed by atoms with Crippen molar-refractivity contribution in [2.75, 3.05) is 6.54 Å². The highest BCUT2D eigenvalue weighted by atomic mass is 32.2. The molecule has 0 aromatic carbocycles. The lowest BCUT2D eigenvalue weighted by Crippen LogP contribution is -2.46. The van der Waals surface area contributed by atoms with Crippen molar-refractivity contribution in [3.05, 3.63) is 0 Å². The quantitative estimate of drug-likeness (QED) is 0.664. The van der Waals surface area contributed by atoms with Gasteiger partial charge in [-0.25, -0.2) is 9.52 Å². The molecule has 0 saturated heterocycles. The van der Waals surface area contributed by atoms with Crippen LogP contribution in [0, 0.1) is 0 Å². The topological polar surface area (TPSA) is 102 Å². The molecule has 110 valence electrons. The Hall–Kier alpha value is -0.930. The highest BCUT2D eigenvalue weighted by Gasteiger charge is 2.38. The highest BCUT2D eigenvalue weighted by Crippen LogP contribution is 2.28. The Labute approximate surface area is 118 Å². The van der Waals surface area contributed by atoms with Gasteiger partial charge in [-0.15, -0.1) is 0 Å². The molecule has 0 unspecified atom stereocenters. The SMILES string of the molecule is CC(C)OC(=O)NS(=O)(=O)N(CCC(N)=S)C1CC1. The molecule has 0 bridgehead atoms. The summed E-state index contributed by atoms with van der Waals surface area (Å²) in [6, 6.07) is -0.0845. The molecule has 0 aromatic heterocycles. The fourth-order valence-electron chi connectivity index (χ4n) is 1.48. The van der Waals surface area contributed by atoms with Crippen molar-refractivity contribution >= 4 is 33.5 Å². The zero-order valence-corrected chi connectivity index (χ0v) is 12.6. The minimum atomic E-state index is -3.91. The van der Waals surface area contributed by atoms with E-state index < -0.39 is 16.3 Å². The predicted octanol–water partition coefficient (Wildman–Crippen LogP) is 0.506. The molecule has 1 amide bonds. The summed E-state index contributed by atoms with van der Waals surface area (Å²) in [5, 5.41) is 0. The van der Waals surface area contributed by atoms with Gasteiger partial charge in [-0.3, -0.25) is 0 Å². The van der Waals surface area contributed by atoms with Gasteiger partial charge >= 0.3 is 16.3 Å². The first kappa shape index (κ1) is 16.1. The fourth-order valence-corrected chi connectivity index (χ4v) is 2.89. The average Bonchev–Trinajstić information content (AvgIpc) is 2.98. The Morgan fingerprint density at radius 1 is 1.53 bits per heavy atom. The predicted molar refractivity (Wildman–Crippen MR) is 74.8 cm³/mol. The van der Waals surface area contributed by atoms with Crippen molar-refractivity contribution in [3.63, 3.8) is 0 Å². The van der Waals surface area contributed by atoms with E-state index >= 15 is 0 Å². The molecular formula is C10H19N3O4S2. The molecule has 0 heterocycles. The molecule has 1 aliphatic carbocycles. The normalized spacial score (nSPS) is 15.6. The van der Waals surface area contributed by atoms with E-state index in [4.69, 9.17) is 22.7 Å². The number of thiocarbonyl (C=S) groups is 1. The molecule has 0 aromatic rings. The summed E-state index contributed by atoms with van der Waals surface area (Å²) < 4.78 is 32.0. The van der Waals surface area contributed by atoms with Crippen LogP contribution < -0.4 is 10.5 Å². The second-order valence-electron chi connectivity index (χ2n) is 4.62. The summed E-state index contributed by atoms with van der Waals surface area (Å²) in [6.07, 6.45) is 0.471. The van der Waals surface area contributed by atoms with Crippen LogP contribution in [0.4, 0.5) is 4.79 Å². The third-order valence-electron chi connectivity index (χ3n) is 2.40. The van der Waals surface area contributed by atoms with Gasteiger partial charge in [-0.2, -0.15) is 12.7 Å². The van der Waals surface area contributed by atoms with Crippen molar-refractivity contribution < 1.29 is 17.9 Å². The minimum Gasteiger partial charge on any atom is -0.446 e. The third kappa shape index (κ3) is 5.70. The molecule has 3 N–H and O–H groups in total. The van der Waals surface area contributed by atoms with Crippen molar-refractivity contribution in [2.45, 2.75) is 45.3 Å². The van der Waals surface area contributed by atoms with Gasteiger partial charge in [-0.1, -0.05) is 12.2 Å². The smallest absolute Gasteiger partial charge is 0.422 e. The Kier molecular flexibility index (Phi) is 5.50. The fraction of sp³-hybridized carbons (Fsp3) is 0.800. The van der Waals surface area contributed by atoms with E-state index in [-0.39, 0.29) is 30.1 Å². The zero-order chi connectivity index (χ0) is 14.6. The maximum absolute atomic E-state index is 12.0. The summed E-state index contributed by atoms with van der Waals surface area (Å²) in [6.45, 7) is 3.44. The second kappa shape index (κ2) is 6.49. The number of nitrogens with two attached hydrogens (primary N) is 1. The van der Waals surface area contributed by atoms with Crippen LogP contribution in [0.2, 0.25) is 0 Å². The Bertz CT molecular complexity index is 446. The lowest BCUT2D eigenvalue weighted by Gasteiger charge is -2.21. The van der Waals surface area contributed by atoms with Gasteiger partial charge in [0.15, 0.2) is 0 Å². The van der Waals surface area contributed by atoms with E-state index in [9.17, 15) is 13.2 Å². The number of nitrogens with one attached hydrogen (secondary N) is 1. The molecule has 1 saturated carbocycles. The van der Waals surface area contributed by atoms with E-state index in [0.717, 1.165) is 12.8 Å². The Morgan fingerprint density at radius 3 is 2.53 bits per heavy atom. The van der Waals surface area contributed by atoms with Gasteiger partial charge in [0.05, 0.1) is 11.1 Å². The summed E-state index contributed by atoms with van der Waals surface area (Å²) in [7, 11) is -3.91. The minimum absolute atomic E-state index is 0.0845. The maximum Gasteiger partial charge on any atom is 0.422 e. The number of amides is 1. The van der Waals surface area contributed by atoms with Crippen molar-refractivity contribution in [1.82, 2.24) is 9.03 Å². The summed E-state index contributed by atoms with van der Waals surface area (Å²) in [4.78, 5) is 11.6. The molecule has 7 nitrogen and oxygen atoms in total. The van der Waals surface area contributed by atoms with Gasteiger partial charge in [0, 0.05) is 19.0 Å². The third-order valence-corrected chi connectivity index (χ3v) is 4.12. The van der Waals surface area contributed by atoms with E-state index in [2.05, 4.69) is 0 Å². The molecule has 9 heteroatoms. The monoisotopic (exact) mass is 309 g/mol. The van der Waals surface area contributed by atoms with Crippen LogP contribution in [-0.2, 0) is 14.9 Å². The Balaban J connectivity index is 2.65. The van der Waals surface area contributed by atoms with E-state index in [1.807, 2.05) is 4.72 Å². The van der Waals surface area contributed by atoms with Gasteiger partial charge in [0.2, 0.25) is 0 Å². The number of carbonyl (C=O) groups is 1. The van der Waals surface area contributed by atoms with Crippen molar-refractivity contribution in [3.8, 4) is 0 Å². The zero-order valence-electron chi connectivity index (χ0n) is 11.0. The maximum atomic E-state index is 12.0. The van der Waals surface area contributed by atoms with Gasteiger partial charge in [0.1, 0.15) is 0 Å². The van der Waals surface area contributed by atoms with E-state index in [1.54, 1.807) is 13.8 Å². The van der Waals surface area contributed by atoms with Gasteiger partial charge in [-0.05, 0) is 26.7 Å². The molecule has 0 spiro atoms. The second-order valence-corrected chi connectivity index (χ2v) is 6.77. The molecule has 19 heavy (non-hydrogen) atoms. The van der Waals surface area contributed by atoms with E-state index in [0.29, 0.717) is 0 Å². The van der Waals surface area contributed by atoms with Gasteiger partial charge < -0.3 is 10.5 Å². The number of hydrogen-bond donors (Lipinski definition) is 2. The lowest BCUT2D eigenvalue weighted by atomic mass is 10.4. The average molecular weight is 309 g/mol. The molecule has 1 aliphatic rings. The molecule has 0 atom stereocenters. The van der Waals surface area contributed by atoms with Crippen LogP contribution in [-0.4, -0.2) is 42.5 Å². The first-order valence-corrected chi connectivity index (χ1v) is 7.85. The van der Waals surface area contributed by atoms with Crippen LogP contribution in [0.5, 0.6) is 0 Å². The highest BCUT2D eigenvalue weighted by molar-refractivity contribution is 7.87. The summed E-state index contributed by atoms with van der Waals surface area (Å²) in [5.74, 6) is 0. The standard InChI is InChI=1S/C10H19N3O4S2/c1-7(2)17-10(14)12-19(15,16)13(8-3-4-8)6-5-9(11)18/h7-8H,3-6H2,1-2H3,(H2,11,18)(H,12,14). The van der Waals surface area contributed by atoms with Crippen LogP contribution in [0.1, 0.15) is 33.1 Å². The van der Waals surface area contributed by atoms with Crippen molar-refractivity contribution in [2.24, 2.45) is 5.73 Å². The van der Waals surface area contributed by atoms with Gasteiger partial charge in [0.25, 0.3) is 0 Å². The number of hydrogen-bond acceptors (Lipinski definition) is 5.